The monoisotopic (exact) mass is 337 g/mol. The molecular formula is C17H24ClN3O2. The van der Waals surface area contributed by atoms with Gasteiger partial charge in [-0.3, -0.25) is 9.69 Å². The Hall–Kier alpha value is -1.30. The predicted octanol–water partition coefficient (Wildman–Crippen LogP) is 1.53. The number of carbonyl (C=O) groups excluding carboxylic acids is 1. The number of piperazine rings is 1. The molecule has 1 unspecified atom stereocenters. The van der Waals surface area contributed by atoms with Crippen LogP contribution in [0.5, 0.6) is 5.75 Å². The summed E-state index contributed by atoms with van der Waals surface area (Å²) in [6, 6.07) is 5.94. The van der Waals surface area contributed by atoms with Crippen molar-refractivity contribution in [1.82, 2.24) is 15.1 Å². The molecule has 126 valence electrons. The van der Waals surface area contributed by atoms with E-state index in [0.717, 1.165) is 57.0 Å². The quantitative estimate of drug-likeness (QED) is 0.905. The van der Waals surface area contributed by atoms with E-state index in [1.54, 1.807) is 6.07 Å². The first-order valence-corrected chi connectivity index (χ1v) is 8.63. The Morgan fingerprint density at radius 3 is 2.87 bits per heavy atom. The topological polar surface area (TPSA) is 44.8 Å². The van der Waals surface area contributed by atoms with Crippen LogP contribution in [0.2, 0.25) is 5.02 Å². The number of likely N-dealkylation sites (tertiary alicyclic amines) is 1. The van der Waals surface area contributed by atoms with E-state index in [2.05, 4.69) is 10.2 Å². The zero-order chi connectivity index (χ0) is 16.2. The van der Waals surface area contributed by atoms with Crippen molar-refractivity contribution in [2.24, 2.45) is 0 Å². The summed E-state index contributed by atoms with van der Waals surface area (Å²) in [6.45, 7) is 7.92. The van der Waals surface area contributed by atoms with Crippen LogP contribution in [0.3, 0.4) is 0 Å². The van der Waals surface area contributed by atoms with Gasteiger partial charge in [0.15, 0.2) is 6.61 Å². The molecule has 5 nitrogen and oxygen atoms in total. The van der Waals surface area contributed by atoms with Gasteiger partial charge in [0.1, 0.15) is 5.75 Å². The Morgan fingerprint density at radius 2 is 2.13 bits per heavy atom. The zero-order valence-corrected chi connectivity index (χ0v) is 14.3. The van der Waals surface area contributed by atoms with E-state index < -0.39 is 0 Å². The highest BCUT2D eigenvalue weighted by Crippen LogP contribution is 2.22. The van der Waals surface area contributed by atoms with Crippen LogP contribution in [-0.4, -0.2) is 67.6 Å². The molecule has 23 heavy (non-hydrogen) atoms. The van der Waals surface area contributed by atoms with Gasteiger partial charge in [-0.2, -0.15) is 0 Å². The molecule has 1 atom stereocenters. The normalized spacial score (nSPS) is 22.3. The molecule has 6 heteroatoms. The summed E-state index contributed by atoms with van der Waals surface area (Å²) in [5.41, 5.74) is 0.949. The van der Waals surface area contributed by atoms with Crippen LogP contribution in [0.4, 0.5) is 0 Å². The van der Waals surface area contributed by atoms with Crippen molar-refractivity contribution in [2.75, 3.05) is 45.9 Å². The fourth-order valence-corrected chi connectivity index (χ4v) is 3.55. The largest absolute Gasteiger partial charge is 0.483 e. The molecule has 1 aromatic carbocycles. The van der Waals surface area contributed by atoms with Gasteiger partial charge < -0.3 is 15.0 Å². The fourth-order valence-electron chi connectivity index (χ4n) is 3.32. The first-order valence-electron chi connectivity index (χ1n) is 8.25. The SMILES string of the molecule is Cc1cc(Cl)ccc1OCC(=O)N1CCC(N2CCNCC2)C1. The maximum atomic E-state index is 12.4. The lowest BCUT2D eigenvalue weighted by molar-refractivity contribution is -0.132. The van der Waals surface area contributed by atoms with E-state index in [4.69, 9.17) is 16.3 Å². The predicted molar refractivity (Wildman–Crippen MR) is 91.1 cm³/mol. The number of amides is 1. The summed E-state index contributed by atoms with van der Waals surface area (Å²) in [5.74, 6) is 0.789. The van der Waals surface area contributed by atoms with Gasteiger partial charge in [0.05, 0.1) is 0 Å². The van der Waals surface area contributed by atoms with E-state index in [0.29, 0.717) is 11.1 Å². The van der Waals surface area contributed by atoms with E-state index in [1.165, 1.54) is 0 Å². The molecule has 2 heterocycles. The smallest absolute Gasteiger partial charge is 0.260 e. The zero-order valence-electron chi connectivity index (χ0n) is 13.6. The van der Waals surface area contributed by atoms with Crippen LogP contribution < -0.4 is 10.1 Å². The number of ether oxygens (including phenoxy) is 1. The third kappa shape index (κ3) is 4.16. The molecule has 1 aromatic rings. The van der Waals surface area contributed by atoms with Crippen LogP contribution in [0.15, 0.2) is 18.2 Å². The van der Waals surface area contributed by atoms with Gasteiger partial charge in [0, 0.05) is 50.3 Å². The summed E-state index contributed by atoms with van der Waals surface area (Å²) in [5, 5.41) is 4.05. The van der Waals surface area contributed by atoms with Gasteiger partial charge in [-0.25, -0.2) is 0 Å². The minimum absolute atomic E-state index is 0.0667. The highest BCUT2D eigenvalue weighted by Gasteiger charge is 2.30. The average Bonchev–Trinajstić information content (AvgIpc) is 3.05. The maximum absolute atomic E-state index is 12.4. The Kier molecular flexibility index (Phi) is 5.41. The number of benzene rings is 1. The molecule has 2 aliphatic heterocycles. The second kappa shape index (κ2) is 7.51. The second-order valence-corrected chi connectivity index (χ2v) is 6.70. The highest BCUT2D eigenvalue weighted by atomic mass is 35.5. The van der Waals surface area contributed by atoms with Crippen molar-refractivity contribution in [3.63, 3.8) is 0 Å². The molecular weight excluding hydrogens is 314 g/mol. The molecule has 0 aromatic heterocycles. The molecule has 2 saturated heterocycles. The number of rotatable bonds is 4. The lowest BCUT2D eigenvalue weighted by Gasteiger charge is -2.32. The van der Waals surface area contributed by atoms with E-state index in [1.807, 2.05) is 24.0 Å². The summed E-state index contributed by atoms with van der Waals surface area (Å²) < 4.78 is 5.67. The number of nitrogens with zero attached hydrogens (tertiary/aromatic N) is 2. The third-order valence-electron chi connectivity index (χ3n) is 4.67. The molecule has 0 spiro atoms. The fraction of sp³-hybridized carbons (Fsp3) is 0.588. The Bertz CT molecular complexity index is 561. The molecule has 2 fully saturated rings. The Morgan fingerprint density at radius 1 is 1.35 bits per heavy atom. The van der Waals surface area contributed by atoms with Gasteiger partial charge in [0.25, 0.3) is 5.91 Å². The first-order chi connectivity index (χ1) is 11.1. The van der Waals surface area contributed by atoms with E-state index in [-0.39, 0.29) is 12.5 Å². The van der Waals surface area contributed by atoms with Crippen molar-refractivity contribution in [2.45, 2.75) is 19.4 Å². The van der Waals surface area contributed by atoms with Crippen LogP contribution in [0.1, 0.15) is 12.0 Å². The van der Waals surface area contributed by atoms with Gasteiger partial charge in [-0.05, 0) is 37.1 Å². The molecule has 2 aliphatic rings. The number of carbonyl (C=O) groups is 1. The maximum Gasteiger partial charge on any atom is 0.260 e. The molecule has 1 N–H and O–H groups in total. The van der Waals surface area contributed by atoms with E-state index in [9.17, 15) is 4.79 Å². The van der Waals surface area contributed by atoms with Crippen molar-refractivity contribution in [3.05, 3.63) is 28.8 Å². The first kappa shape index (κ1) is 16.6. The minimum atomic E-state index is 0.0667. The van der Waals surface area contributed by atoms with Crippen LogP contribution in [-0.2, 0) is 4.79 Å². The molecule has 1 amide bonds. The van der Waals surface area contributed by atoms with Gasteiger partial charge in [-0.1, -0.05) is 11.6 Å². The van der Waals surface area contributed by atoms with Gasteiger partial charge in [-0.15, -0.1) is 0 Å². The lowest BCUT2D eigenvalue weighted by Crippen LogP contribution is -2.49. The van der Waals surface area contributed by atoms with Crippen LogP contribution in [0, 0.1) is 6.92 Å². The number of hydrogen-bond acceptors (Lipinski definition) is 4. The van der Waals surface area contributed by atoms with Crippen molar-refractivity contribution >= 4 is 17.5 Å². The Balaban J connectivity index is 1.49. The highest BCUT2D eigenvalue weighted by molar-refractivity contribution is 6.30. The summed E-state index contributed by atoms with van der Waals surface area (Å²) in [4.78, 5) is 16.8. The second-order valence-electron chi connectivity index (χ2n) is 6.27. The molecule has 0 aliphatic carbocycles. The summed E-state index contributed by atoms with van der Waals surface area (Å²) in [6.07, 6.45) is 1.06. The summed E-state index contributed by atoms with van der Waals surface area (Å²) >= 11 is 5.93. The number of halogens is 1. The standard InChI is InChI=1S/C17H24ClN3O2/c1-13-10-14(18)2-3-16(13)23-12-17(22)21-7-4-15(11-21)20-8-5-19-6-9-20/h2-3,10,15,19H,4-9,11-12H2,1H3. The molecule has 0 saturated carbocycles. The lowest BCUT2D eigenvalue weighted by atomic mass is 10.2. The molecule has 3 rings (SSSR count). The van der Waals surface area contributed by atoms with E-state index >= 15 is 0 Å². The number of nitrogens with one attached hydrogen (secondary N) is 1. The average molecular weight is 338 g/mol. The van der Waals surface area contributed by atoms with Crippen molar-refractivity contribution in [1.29, 1.82) is 0 Å². The number of hydrogen-bond donors (Lipinski definition) is 1. The minimum Gasteiger partial charge on any atom is -0.483 e. The van der Waals surface area contributed by atoms with Gasteiger partial charge in [0.2, 0.25) is 0 Å². The van der Waals surface area contributed by atoms with Crippen LogP contribution >= 0.6 is 11.6 Å². The summed E-state index contributed by atoms with van der Waals surface area (Å²) in [7, 11) is 0. The molecule has 0 bridgehead atoms. The van der Waals surface area contributed by atoms with Crippen LogP contribution in [0.25, 0.3) is 0 Å². The number of aryl methyl sites for hydroxylation is 1. The van der Waals surface area contributed by atoms with Crippen molar-refractivity contribution in [3.8, 4) is 5.75 Å². The van der Waals surface area contributed by atoms with Crippen molar-refractivity contribution < 1.29 is 9.53 Å². The van der Waals surface area contributed by atoms with Gasteiger partial charge >= 0.3 is 0 Å². The third-order valence-corrected chi connectivity index (χ3v) is 4.91. The molecule has 0 radical (unpaired) electrons. The Labute approximate surface area is 142 Å².